The minimum Gasteiger partial charge on any atom is -0.191 e. The Morgan fingerprint density at radius 1 is 1.44 bits per heavy atom. The maximum Gasteiger partial charge on any atom is 0.327 e. The van der Waals surface area contributed by atoms with Crippen molar-refractivity contribution in [3.63, 3.8) is 0 Å². The second-order valence-electron chi connectivity index (χ2n) is 3.35. The van der Waals surface area contributed by atoms with Gasteiger partial charge in [0.2, 0.25) is 0 Å². The van der Waals surface area contributed by atoms with Crippen molar-refractivity contribution in [1.82, 2.24) is 0 Å². The Morgan fingerprint density at radius 2 is 2.12 bits per heavy atom. The minimum atomic E-state index is -4.26. The van der Waals surface area contributed by atoms with Gasteiger partial charge in [0.05, 0.1) is 4.90 Å². The molecule has 0 fully saturated rings. The molecule has 5 heteroatoms. The van der Waals surface area contributed by atoms with E-state index in [-0.39, 0.29) is 4.90 Å². The van der Waals surface area contributed by atoms with Gasteiger partial charge in [0.1, 0.15) is 0 Å². The second-order valence-corrected chi connectivity index (χ2v) is 4.85. The standard InChI is InChI=1S/C11H13FO3S/c1-3-4-5-10-8-11(7-6-9(10)2)16(13,14)15-12/h4-8H,3H2,1-2H3. The zero-order chi connectivity index (χ0) is 12.2. The number of aryl methyl sites for hydroxylation is 1. The van der Waals surface area contributed by atoms with Gasteiger partial charge in [0, 0.05) is 0 Å². The fourth-order valence-corrected chi connectivity index (χ4v) is 1.81. The predicted molar refractivity (Wildman–Crippen MR) is 59.9 cm³/mol. The highest BCUT2D eigenvalue weighted by molar-refractivity contribution is 7.86. The fraction of sp³-hybridized carbons (Fsp3) is 0.273. The van der Waals surface area contributed by atoms with Gasteiger partial charge < -0.3 is 0 Å². The molecule has 0 saturated carbocycles. The van der Waals surface area contributed by atoms with Crippen molar-refractivity contribution in [2.75, 3.05) is 0 Å². The van der Waals surface area contributed by atoms with Crippen LogP contribution in [0.5, 0.6) is 0 Å². The Bertz CT molecular complexity index is 492. The molecule has 0 spiro atoms. The highest BCUT2D eigenvalue weighted by atomic mass is 32.2. The van der Waals surface area contributed by atoms with E-state index in [1.807, 2.05) is 19.9 Å². The van der Waals surface area contributed by atoms with Crippen molar-refractivity contribution in [2.45, 2.75) is 25.2 Å². The molecule has 0 aromatic heterocycles. The summed E-state index contributed by atoms with van der Waals surface area (Å²) in [5, 5.41) is 0. The van der Waals surface area contributed by atoms with E-state index >= 15 is 0 Å². The molecule has 0 aliphatic heterocycles. The third-order valence-corrected chi connectivity index (χ3v) is 3.15. The highest BCUT2D eigenvalue weighted by Crippen LogP contribution is 2.19. The molecule has 16 heavy (non-hydrogen) atoms. The molecule has 1 rings (SSSR count). The molecule has 0 aliphatic carbocycles. The third kappa shape index (κ3) is 2.90. The summed E-state index contributed by atoms with van der Waals surface area (Å²) in [5.41, 5.74) is 1.66. The molecule has 0 N–H and O–H groups in total. The van der Waals surface area contributed by atoms with Crippen LogP contribution >= 0.6 is 0 Å². The minimum absolute atomic E-state index is 0.184. The number of rotatable bonds is 4. The zero-order valence-corrected chi connectivity index (χ0v) is 9.92. The highest BCUT2D eigenvalue weighted by Gasteiger charge is 2.16. The summed E-state index contributed by atoms with van der Waals surface area (Å²) in [6.07, 6.45) is 4.54. The van der Waals surface area contributed by atoms with Crippen LogP contribution < -0.4 is 0 Å². The molecule has 3 nitrogen and oxygen atoms in total. The molecule has 0 radical (unpaired) electrons. The van der Waals surface area contributed by atoms with Crippen LogP contribution in [0.25, 0.3) is 6.08 Å². The lowest BCUT2D eigenvalue weighted by molar-refractivity contribution is 0.00285. The molecule has 0 bridgehead atoms. The monoisotopic (exact) mass is 244 g/mol. The average Bonchev–Trinajstić information content (AvgIpc) is 2.27. The van der Waals surface area contributed by atoms with Crippen molar-refractivity contribution >= 4 is 16.2 Å². The third-order valence-electron chi connectivity index (χ3n) is 2.16. The van der Waals surface area contributed by atoms with Crippen LogP contribution in [0.4, 0.5) is 4.53 Å². The summed E-state index contributed by atoms with van der Waals surface area (Å²) < 4.78 is 37.0. The first-order chi connectivity index (χ1) is 7.51. The van der Waals surface area contributed by atoms with Crippen molar-refractivity contribution < 1.29 is 17.3 Å². The molecule has 0 amide bonds. The number of benzene rings is 1. The molecule has 1 aromatic carbocycles. The quantitative estimate of drug-likeness (QED) is 0.817. The van der Waals surface area contributed by atoms with Gasteiger partial charge in [-0.1, -0.05) is 29.5 Å². The van der Waals surface area contributed by atoms with Gasteiger partial charge in [-0.15, -0.1) is 0 Å². The molecule has 0 atom stereocenters. The Hall–Kier alpha value is -1.20. The summed E-state index contributed by atoms with van der Waals surface area (Å²) in [6.45, 7) is 3.82. The first kappa shape index (κ1) is 12.9. The molecule has 0 aliphatic rings. The van der Waals surface area contributed by atoms with Gasteiger partial charge in [-0.25, -0.2) is 0 Å². The van der Waals surface area contributed by atoms with E-state index in [1.54, 1.807) is 12.1 Å². The zero-order valence-electron chi connectivity index (χ0n) is 9.10. The van der Waals surface area contributed by atoms with Gasteiger partial charge in [-0.2, -0.15) is 8.42 Å². The molecule has 1 aromatic rings. The summed E-state index contributed by atoms with van der Waals surface area (Å²) in [7, 11) is -4.26. The number of hydrogen-bond acceptors (Lipinski definition) is 3. The van der Waals surface area contributed by atoms with Crippen molar-refractivity contribution in [1.29, 1.82) is 0 Å². The van der Waals surface area contributed by atoms with Gasteiger partial charge in [-0.3, -0.25) is 0 Å². The average molecular weight is 244 g/mol. The van der Waals surface area contributed by atoms with Gasteiger partial charge >= 0.3 is 10.1 Å². The predicted octanol–water partition coefficient (Wildman–Crippen LogP) is 3.01. The Labute approximate surface area is 94.6 Å². The van der Waals surface area contributed by atoms with Crippen molar-refractivity contribution in [2.24, 2.45) is 0 Å². The second kappa shape index (κ2) is 5.23. The van der Waals surface area contributed by atoms with Gasteiger partial charge in [0.25, 0.3) is 0 Å². The molecule has 0 saturated heterocycles. The van der Waals surface area contributed by atoms with E-state index in [2.05, 4.69) is 4.39 Å². The Kier molecular flexibility index (Phi) is 4.20. The molecule has 88 valence electrons. The normalized spacial score (nSPS) is 12.2. The number of halogens is 1. The Morgan fingerprint density at radius 3 is 2.69 bits per heavy atom. The van der Waals surface area contributed by atoms with E-state index in [4.69, 9.17) is 0 Å². The van der Waals surface area contributed by atoms with Crippen molar-refractivity contribution in [3.05, 3.63) is 35.4 Å². The van der Waals surface area contributed by atoms with Crippen LogP contribution in [0, 0.1) is 6.92 Å². The van der Waals surface area contributed by atoms with Crippen LogP contribution in [-0.2, 0) is 14.5 Å². The van der Waals surface area contributed by atoms with E-state index < -0.39 is 10.1 Å². The molecular formula is C11H13FO3S. The van der Waals surface area contributed by atoms with Crippen molar-refractivity contribution in [3.8, 4) is 0 Å². The first-order valence-electron chi connectivity index (χ1n) is 4.83. The lowest BCUT2D eigenvalue weighted by Crippen LogP contribution is -2.01. The summed E-state index contributed by atoms with van der Waals surface area (Å²) in [4.78, 5) is -0.184. The van der Waals surface area contributed by atoms with Crippen LogP contribution in [0.3, 0.4) is 0 Å². The van der Waals surface area contributed by atoms with Crippen LogP contribution in [-0.4, -0.2) is 8.42 Å². The largest absolute Gasteiger partial charge is 0.327 e. The van der Waals surface area contributed by atoms with Gasteiger partial charge in [0.15, 0.2) is 0 Å². The van der Waals surface area contributed by atoms with Crippen LogP contribution in [0.15, 0.2) is 29.2 Å². The maximum absolute atomic E-state index is 11.8. The fourth-order valence-electron chi connectivity index (χ4n) is 1.23. The molecule has 0 heterocycles. The summed E-state index contributed by atoms with van der Waals surface area (Å²) in [6, 6.07) is 4.31. The van der Waals surface area contributed by atoms with E-state index in [0.29, 0.717) is 0 Å². The lowest BCUT2D eigenvalue weighted by atomic mass is 10.1. The topological polar surface area (TPSA) is 43.4 Å². The SMILES string of the molecule is CCC=Cc1cc(S(=O)(=O)OF)ccc1C. The smallest absolute Gasteiger partial charge is 0.191 e. The summed E-state index contributed by atoms with van der Waals surface area (Å²) in [5.74, 6) is 0. The lowest BCUT2D eigenvalue weighted by Gasteiger charge is -2.03. The van der Waals surface area contributed by atoms with E-state index in [1.165, 1.54) is 12.1 Å². The number of allylic oxidation sites excluding steroid dienone is 1. The van der Waals surface area contributed by atoms with E-state index in [0.717, 1.165) is 17.5 Å². The first-order valence-corrected chi connectivity index (χ1v) is 6.24. The summed E-state index contributed by atoms with van der Waals surface area (Å²) >= 11 is 0. The number of hydrogen-bond donors (Lipinski definition) is 0. The van der Waals surface area contributed by atoms with Crippen LogP contribution in [0.1, 0.15) is 24.5 Å². The van der Waals surface area contributed by atoms with Gasteiger partial charge in [-0.05, 0) is 41.1 Å². The Balaban J connectivity index is 3.23. The maximum atomic E-state index is 11.8. The van der Waals surface area contributed by atoms with Crippen LogP contribution in [0.2, 0.25) is 0 Å². The molecular weight excluding hydrogens is 231 g/mol. The van der Waals surface area contributed by atoms with E-state index in [9.17, 15) is 12.9 Å². The molecule has 0 unspecified atom stereocenters.